The van der Waals surface area contributed by atoms with Gasteiger partial charge in [0.25, 0.3) is 5.56 Å². The first kappa shape index (κ1) is 21.2. The van der Waals surface area contributed by atoms with Crippen molar-refractivity contribution in [2.45, 2.75) is 11.7 Å². The highest BCUT2D eigenvalue weighted by molar-refractivity contribution is 9.10. The summed E-state index contributed by atoms with van der Waals surface area (Å²) in [6, 6.07) is 16.5. The van der Waals surface area contributed by atoms with E-state index in [1.807, 2.05) is 12.1 Å². The maximum Gasteiger partial charge on any atom is 0.263 e. The molecule has 6 nitrogen and oxygen atoms in total. The molecule has 0 aliphatic carbocycles. The lowest BCUT2D eigenvalue weighted by Crippen LogP contribution is -2.25. The zero-order chi connectivity index (χ0) is 21.8. The van der Waals surface area contributed by atoms with Crippen LogP contribution in [0.5, 0.6) is 0 Å². The van der Waals surface area contributed by atoms with Gasteiger partial charge in [0.05, 0.1) is 17.7 Å². The Labute approximate surface area is 189 Å². The van der Waals surface area contributed by atoms with Gasteiger partial charge < -0.3 is 5.32 Å². The van der Waals surface area contributed by atoms with Gasteiger partial charge >= 0.3 is 0 Å². The lowest BCUT2D eigenvalue weighted by Gasteiger charge is -2.13. The van der Waals surface area contributed by atoms with Crippen LogP contribution in [-0.2, 0) is 11.3 Å². The van der Waals surface area contributed by atoms with E-state index in [0.29, 0.717) is 21.9 Å². The molecular weight excluding hydrogens is 483 g/mol. The number of carbonyl (C=O) groups excluding carboxylic acids is 1. The Balaban J connectivity index is 1.60. The SMILES string of the molecule is O=C(CSc1nc2ncccc2c(=O)n1Cc1ccc(F)cc1)Nc1ccc(Br)cc1. The summed E-state index contributed by atoms with van der Waals surface area (Å²) in [5.41, 5.74) is 1.47. The number of fused-ring (bicyclic) bond motifs is 1. The first-order chi connectivity index (χ1) is 15.0. The second-order valence-electron chi connectivity index (χ2n) is 6.63. The number of thioether (sulfide) groups is 1. The standard InChI is InChI=1S/C22H16BrFN4O2S/c23-15-5-9-17(10-6-15)26-19(29)13-31-22-27-20-18(2-1-11-25-20)21(30)28(22)12-14-3-7-16(24)8-4-14/h1-11H,12-13H2,(H,26,29). The molecule has 0 saturated carbocycles. The number of amides is 1. The third kappa shape index (κ3) is 5.18. The van der Waals surface area contributed by atoms with E-state index in [2.05, 4.69) is 31.2 Å². The number of carbonyl (C=O) groups is 1. The van der Waals surface area contributed by atoms with Gasteiger partial charge in [-0.25, -0.2) is 14.4 Å². The van der Waals surface area contributed by atoms with Gasteiger partial charge in [-0.3, -0.25) is 14.2 Å². The van der Waals surface area contributed by atoms with E-state index in [4.69, 9.17) is 0 Å². The zero-order valence-corrected chi connectivity index (χ0v) is 18.5. The Bertz CT molecular complexity index is 1290. The topological polar surface area (TPSA) is 76.9 Å². The van der Waals surface area contributed by atoms with Crippen LogP contribution >= 0.6 is 27.7 Å². The molecule has 0 saturated heterocycles. The number of nitrogens with one attached hydrogen (secondary N) is 1. The summed E-state index contributed by atoms with van der Waals surface area (Å²) in [5, 5.41) is 3.56. The number of halogens is 2. The van der Waals surface area contributed by atoms with E-state index in [9.17, 15) is 14.0 Å². The van der Waals surface area contributed by atoms with Crippen LogP contribution in [0.25, 0.3) is 11.0 Å². The van der Waals surface area contributed by atoms with E-state index in [-0.39, 0.29) is 29.6 Å². The van der Waals surface area contributed by atoms with Crippen LogP contribution in [0.15, 0.2) is 81.3 Å². The molecule has 0 unspecified atom stereocenters. The average molecular weight is 499 g/mol. The average Bonchev–Trinajstić information content (AvgIpc) is 2.77. The number of hydrogen-bond acceptors (Lipinski definition) is 5. The number of benzene rings is 2. The molecule has 0 spiro atoms. The van der Waals surface area contributed by atoms with Gasteiger partial charge in [0.2, 0.25) is 5.91 Å². The quantitative estimate of drug-likeness (QED) is 0.313. The lowest BCUT2D eigenvalue weighted by atomic mass is 10.2. The number of nitrogens with zero attached hydrogens (tertiary/aromatic N) is 3. The van der Waals surface area contributed by atoms with Gasteiger partial charge in [-0.2, -0.15) is 0 Å². The molecular formula is C22H16BrFN4O2S. The maximum atomic E-state index is 13.3. The van der Waals surface area contributed by atoms with E-state index in [1.165, 1.54) is 16.7 Å². The molecule has 0 aliphatic heterocycles. The number of aromatic nitrogens is 3. The van der Waals surface area contributed by atoms with Crippen molar-refractivity contribution < 1.29 is 9.18 Å². The van der Waals surface area contributed by atoms with Crippen molar-refractivity contribution >= 4 is 50.3 Å². The Morgan fingerprint density at radius 2 is 1.84 bits per heavy atom. The molecule has 1 N–H and O–H groups in total. The Morgan fingerprint density at radius 3 is 2.58 bits per heavy atom. The van der Waals surface area contributed by atoms with Gasteiger partial charge in [-0.1, -0.05) is 39.8 Å². The molecule has 0 aliphatic rings. The summed E-state index contributed by atoms with van der Waals surface area (Å²) in [6.07, 6.45) is 1.56. The molecule has 9 heteroatoms. The summed E-state index contributed by atoms with van der Waals surface area (Å²) in [6.45, 7) is 0.202. The van der Waals surface area contributed by atoms with Crippen molar-refractivity contribution in [1.29, 1.82) is 0 Å². The fraction of sp³-hybridized carbons (Fsp3) is 0.0909. The van der Waals surface area contributed by atoms with Crippen molar-refractivity contribution in [2.75, 3.05) is 11.1 Å². The van der Waals surface area contributed by atoms with Crippen molar-refractivity contribution in [1.82, 2.24) is 14.5 Å². The monoisotopic (exact) mass is 498 g/mol. The maximum absolute atomic E-state index is 13.3. The van der Waals surface area contributed by atoms with Crippen molar-refractivity contribution in [3.05, 3.63) is 93.1 Å². The van der Waals surface area contributed by atoms with Crippen molar-refractivity contribution in [2.24, 2.45) is 0 Å². The van der Waals surface area contributed by atoms with Crippen LogP contribution in [0.1, 0.15) is 5.56 Å². The number of rotatable bonds is 6. The smallest absolute Gasteiger partial charge is 0.263 e. The number of hydrogen-bond donors (Lipinski definition) is 1. The highest BCUT2D eigenvalue weighted by Gasteiger charge is 2.14. The molecule has 0 atom stereocenters. The molecule has 156 valence electrons. The van der Waals surface area contributed by atoms with Crippen LogP contribution in [0.2, 0.25) is 0 Å². The lowest BCUT2D eigenvalue weighted by molar-refractivity contribution is -0.113. The van der Waals surface area contributed by atoms with E-state index in [0.717, 1.165) is 21.8 Å². The van der Waals surface area contributed by atoms with Gasteiger partial charge in [-0.15, -0.1) is 0 Å². The van der Waals surface area contributed by atoms with E-state index in [1.54, 1.807) is 42.6 Å². The highest BCUT2D eigenvalue weighted by atomic mass is 79.9. The van der Waals surface area contributed by atoms with E-state index < -0.39 is 0 Å². The van der Waals surface area contributed by atoms with Gasteiger partial charge in [0.15, 0.2) is 10.8 Å². The second-order valence-corrected chi connectivity index (χ2v) is 8.49. The van der Waals surface area contributed by atoms with Crippen molar-refractivity contribution in [3.8, 4) is 0 Å². The normalized spacial score (nSPS) is 10.9. The molecule has 1 amide bonds. The Hall–Kier alpha value is -3.04. The van der Waals surface area contributed by atoms with Gasteiger partial charge in [0.1, 0.15) is 5.82 Å². The van der Waals surface area contributed by atoms with Crippen LogP contribution < -0.4 is 10.9 Å². The third-order valence-electron chi connectivity index (χ3n) is 4.41. The van der Waals surface area contributed by atoms with Crippen LogP contribution in [0.3, 0.4) is 0 Å². The molecule has 4 rings (SSSR count). The van der Waals surface area contributed by atoms with Crippen LogP contribution in [-0.4, -0.2) is 26.2 Å². The molecule has 31 heavy (non-hydrogen) atoms. The predicted molar refractivity (Wildman–Crippen MR) is 123 cm³/mol. The molecule has 0 fully saturated rings. The molecule has 0 bridgehead atoms. The first-order valence-electron chi connectivity index (χ1n) is 9.28. The first-order valence-corrected chi connectivity index (χ1v) is 11.1. The largest absolute Gasteiger partial charge is 0.325 e. The van der Waals surface area contributed by atoms with Crippen molar-refractivity contribution in [3.63, 3.8) is 0 Å². The Kier molecular flexibility index (Phi) is 6.43. The minimum Gasteiger partial charge on any atom is -0.325 e. The molecule has 0 radical (unpaired) electrons. The summed E-state index contributed by atoms with van der Waals surface area (Å²) in [4.78, 5) is 34.2. The summed E-state index contributed by atoms with van der Waals surface area (Å²) >= 11 is 4.50. The molecule has 2 aromatic carbocycles. The predicted octanol–water partition coefficient (Wildman–Crippen LogP) is 4.47. The number of anilines is 1. The zero-order valence-electron chi connectivity index (χ0n) is 16.1. The second kappa shape index (κ2) is 9.40. The van der Waals surface area contributed by atoms with E-state index >= 15 is 0 Å². The highest BCUT2D eigenvalue weighted by Crippen LogP contribution is 2.20. The molecule has 4 aromatic rings. The molecule has 2 heterocycles. The summed E-state index contributed by atoms with van der Waals surface area (Å²) in [5.74, 6) is -0.517. The van der Waals surface area contributed by atoms with Crippen LogP contribution in [0, 0.1) is 5.82 Å². The fourth-order valence-corrected chi connectivity index (χ4v) is 3.97. The fourth-order valence-electron chi connectivity index (χ4n) is 2.92. The summed E-state index contributed by atoms with van der Waals surface area (Å²) in [7, 11) is 0. The summed E-state index contributed by atoms with van der Waals surface area (Å²) < 4.78 is 15.7. The molecule has 2 aromatic heterocycles. The minimum absolute atomic E-state index is 0.0598. The van der Waals surface area contributed by atoms with Crippen LogP contribution in [0.4, 0.5) is 10.1 Å². The van der Waals surface area contributed by atoms with Gasteiger partial charge in [0, 0.05) is 16.4 Å². The third-order valence-corrected chi connectivity index (χ3v) is 5.91. The number of pyridine rings is 1. The minimum atomic E-state index is -0.351. The Morgan fingerprint density at radius 1 is 1.10 bits per heavy atom. The van der Waals surface area contributed by atoms with Gasteiger partial charge in [-0.05, 0) is 54.1 Å².